The number of nitrogens with one attached hydrogen (secondary N) is 2. The van der Waals surface area contributed by atoms with Crippen molar-refractivity contribution in [2.75, 3.05) is 22.6 Å². The monoisotopic (exact) mass is 565 g/mol. The third-order valence-electron chi connectivity index (χ3n) is 7.32. The van der Waals surface area contributed by atoms with E-state index in [1.807, 2.05) is 0 Å². The number of nitrogens with zero attached hydrogens (tertiary/aromatic N) is 2. The first-order valence-electron chi connectivity index (χ1n) is 12.2. The summed E-state index contributed by atoms with van der Waals surface area (Å²) in [6.45, 7) is 0. The molecule has 1 fully saturated rings. The third-order valence-corrected chi connectivity index (χ3v) is 8.25. The number of aromatic carboxylic acids is 1. The van der Waals surface area contributed by atoms with E-state index in [0.717, 1.165) is 17.4 Å². The molecule has 0 saturated heterocycles. The maximum absolute atomic E-state index is 13.1. The van der Waals surface area contributed by atoms with Crippen molar-refractivity contribution in [2.24, 2.45) is 17.6 Å². The molecular weight excluding hydrogens is 539 g/mol. The van der Waals surface area contributed by atoms with Crippen molar-refractivity contribution in [3.63, 3.8) is 0 Å². The molecule has 208 valence electrons. The first kappa shape index (κ1) is 26.8. The zero-order chi connectivity index (χ0) is 28.1. The first-order valence-corrected chi connectivity index (χ1v) is 13.0. The minimum Gasteiger partial charge on any atom is -0.478 e. The lowest BCUT2D eigenvalue weighted by Crippen LogP contribution is -2.65. The Bertz CT molecular complexity index is 1420. The lowest BCUT2D eigenvalue weighted by molar-refractivity contribution is -0.274. The van der Waals surface area contributed by atoms with Crippen molar-refractivity contribution < 1.29 is 37.7 Å². The number of amides is 1. The SMILES string of the molecule is CN1c2ccc(C(=O)O)cc2NC1(Nc1nc2ccc(OC(F)(F)F)cc2s1)C(C(N)=O)C1CCC(O)CC1. The quantitative estimate of drug-likeness (QED) is 0.284. The van der Waals surface area contributed by atoms with Crippen LogP contribution >= 0.6 is 11.3 Å². The minimum atomic E-state index is -4.84. The van der Waals surface area contributed by atoms with Gasteiger partial charge in [-0.05, 0) is 61.9 Å². The largest absolute Gasteiger partial charge is 0.573 e. The lowest BCUT2D eigenvalue weighted by atomic mass is 9.75. The van der Waals surface area contributed by atoms with Crippen molar-refractivity contribution in [1.29, 1.82) is 0 Å². The van der Waals surface area contributed by atoms with Gasteiger partial charge in [0.05, 0.1) is 33.3 Å². The van der Waals surface area contributed by atoms with Gasteiger partial charge in [-0.15, -0.1) is 13.2 Å². The van der Waals surface area contributed by atoms with E-state index in [2.05, 4.69) is 20.4 Å². The van der Waals surface area contributed by atoms with Gasteiger partial charge in [0.25, 0.3) is 0 Å². The van der Waals surface area contributed by atoms with Crippen molar-refractivity contribution in [3.05, 3.63) is 42.0 Å². The Balaban J connectivity index is 1.57. The zero-order valence-corrected chi connectivity index (χ0v) is 21.5. The van der Waals surface area contributed by atoms with E-state index < -0.39 is 36.0 Å². The number of hydrogen-bond acceptors (Lipinski definition) is 9. The Labute approximate surface area is 224 Å². The van der Waals surface area contributed by atoms with Gasteiger partial charge in [0.2, 0.25) is 11.7 Å². The fourth-order valence-electron chi connectivity index (χ4n) is 5.55. The number of aromatic nitrogens is 1. The molecule has 0 bridgehead atoms. The molecular formula is C25H26F3N5O5S. The highest BCUT2D eigenvalue weighted by Crippen LogP contribution is 2.48. The van der Waals surface area contributed by atoms with Crippen LogP contribution in [-0.2, 0) is 4.79 Å². The molecule has 1 aliphatic heterocycles. The molecule has 1 aromatic heterocycles. The number of fused-ring (bicyclic) bond motifs is 2. The molecule has 2 aliphatic rings. The summed E-state index contributed by atoms with van der Waals surface area (Å²) >= 11 is 1.07. The summed E-state index contributed by atoms with van der Waals surface area (Å²) in [5, 5.41) is 26.5. The van der Waals surface area contributed by atoms with Crippen molar-refractivity contribution in [1.82, 2.24) is 4.98 Å². The van der Waals surface area contributed by atoms with E-state index in [4.69, 9.17) is 5.73 Å². The van der Waals surface area contributed by atoms with E-state index in [-0.39, 0.29) is 17.2 Å². The Hall–Kier alpha value is -3.78. The van der Waals surface area contributed by atoms with E-state index >= 15 is 0 Å². The molecule has 6 N–H and O–H groups in total. The fraction of sp³-hybridized carbons (Fsp3) is 0.400. The summed E-state index contributed by atoms with van der Waals surface area (Å²) in [7, 11) is 1.72. The van der Waals surface area contributed by atoms with Gasteiger partial charge in [-0.1, -0.05) is 11.3 Å². The second-order valence-corrected chi connectivity index (χ2v) is 10.8. The van der Waals surface area contributed by atoms with Crippen molar-refractivity contribution in [3.8, 4) is 5.75 Å². The number of aliphatic hydroxyl groups excluding tert-OH is 1. The lowest BCUT2D eigenvalue weighted by Gasteiger charge is -2.46. The zero-order valence-electron chi connectivity index (χ0n) is 20.7. The van der Waals surface area contributed by atoms with Crippen LogP contribution in [0, 0.1) is 11.8 Å². The topological polar surface area (TPSA) is 150 Å². The highest BCUT2D eigenvalue weighted by atomic mass is 32.1. The minimum absolute atomic E-state index is 0.0408. The molecule has 1 amide bonds. The highest BCUT2D eigenvalue weighted by Gasteiger charge is 2.54. The van der Waals surface area contributed by atoms with Gasteiger partial charge in [-0.2, -0.15) is 0 Å². The number of thiazole rings is 1. The number of nitrogens with two attached hydrogens (primary N) is 1. The number of primary amides is 1. The number of alkyl halides is 3. The van der Waals surface area contributed by atoms with Crippen LogP contribution in [-0.4, -0.2) is 52.4 Å². The second-order valence-electron chi connectivity index (χ2n) is 9.76. The van der Waals surface area contributed by atoms with Gasteiger partial charge < -0.3 is 36.2 Å². The summed E-state index contributed by atoms with van der Waals surface area (Å²) in [6.07, 6.45) is -3.27. The van der Waals surface area contributed by atoms with Gasteiger partial charge >= 0.3 is 12.3 Å². The average molecular weight is 566 g/mol. The predicted molar refractivity (Wildman–Crippen MR) is 139 cm³/mol. The molecule has 14 heteroatoms. The normalized spacial score (nSPS) is 23.7. The number of carbonyl (C=O) groups is 2. The van der Waals surface area contributed by atoms with E-state index in [9.17, 15) is 33.0 Å². The van der Waals surface area contributed by atoms with Crippen LogP contribution < -0.4 is 26.0 Å². The van der Waals surface area contributed by atoms with Crippen LogP contribution in [0.4, 0.5) is 29.7 Å². The number of rotatable bonds is 7. The van der Waals surface area contributed by atoms with E-state index in [0.29, 0.717) is 52.4 Å². The number of hydrogen-bond donors (Lipinski definition) is 5. The smallest absolute Gasteiger partial charge is 0.478 e. The summed E-state index contributed by atoms with van der Waals surface area (Å²) < 4.78 is 42.6. The van der Waals surface area contributed by atoms with Gasteiger partial charge in [0.1, 0.15) is 11.7 Å². The number of carbonyl (C=O) groups excluding carboxylic acids is 1. The van der Waals surface area contributed by atoms with E-state index in [1.54, 1.807) is 18.0 Å². The summed E-state index contributed by atoms with van der Waals surface area (Å²) in [5.41, 5.74) is 7.52. The van der Waals surface area contributed by atoms with Crippen LogP contribution in [0.1, 0.15) is 36.0 Å². The highest BCUT2D eigenvalue weighted by molar-refractivity contribution is 7.22. The number of anilines is 3. The summed E-state index contributed by atoms with van der Waals surface area (Å²) in [6, 6.07) is 8.32. The molecule has 2 unspecified atom stereocenters. The van der Waals surface area contributed by atoms with Crippen LogP contribution in [0.15, 0.2) is 36.4 Å². The van der Waals surface area contributed by atoms with Crippen molar-refractivity contribution >= 4 is 49.9 Å². The maximum Gasteiger partial charge on any atom is 0.573 e. The number of benzene rings is 2. The fourth-order valence-corrected chi connectivity index (χ4v) is 6.51. The van der Waals surface area contributed by atoms with Crippen LogP contribution in [0.2, 0.25) is 0 Å². The molecule has 10 nitrogen and oxygen atoms in total. The molecule has 1 saturated carbocycles. The molecule has 3 aromatic rings. The first-order chi connectivity index (χ1) is 18.4. The molecule has 1 aliphatic carbocycles. The van der Waals surface area contributed by atoms with Gasteiger partial charge in [-0.25, -0.2) is 9.78 Å². The second kappa shape index (κ2) is 9.75. The number of carboxylic acid groups (broad SMARTS) is 1. The number of ether oxygens (including phenoxy) is 1. The number of carboxylic acids is 1. The van der Waals surface area contributed by atoms with Crippen LogP contribution in [0.3, 0.4) is 0 Å². The Morgan fingerprint density at radius 1 is 1.23 bits per heavy atom. The Kier molecular flexibility index (Phi) is 6.71. The Morgan fingerprint density at radius 3 is 2.59 bits per heavy atom. The standard InChI is InChI=1S/C25H26F3N5O5S/c1-33-18-9-4-13(22(36)37)10-17(18)31-24(33,20(21(29)35)12-2-5-14(34)6-3-12)32-23-30-16-8-7-15(11-19(16)39-23)38-25(26,27)28/h4,7-12,14,20,31,34H,2-3,5-6H2,1H3,(H2,29,35)(H,30,32)(H,36,37). The van der Waals surface area contributed by atoms with Gasteiger partial charge in [0, 0.05) is 13.1 Å². The van der Waals surface area contributed by atoms with Gasteiger partial charge in [-0.3, -0.25) is 4.79 Å². The van der Waals surface area contributed by atoms with Crippen molar-refractivity contribution in [2.45, 2.75) is 43.9 Å². The maximum atomic E-state index is 13.1. The molecule has 2 atom stereocenters. The molecule has 0 radical (unpaired) electrons. The summed E-state index contributed by atoms with van der Waals surface area (Å²) in [5.74, 6) is -4.62. The number of halogens is 3. The molecule has 0 spiro atoms. The summed E-state index contributed by atoms with van der Waals surface area (Å²) in [4.78, 5) is 31.0. The van der Waals surface area contributed by atoms with Gasteiger partial charge in [0.15, 0.2) is 5.13 Å². The van der Waals surface area contributed by atoms with Crippen LogP contribution in [0.5, 0.6) is 5.75 Å². The molecule has 5 rings (SSSR count). The molecule has 2 heterocycles. The Morgan fingerprint density at radius 2 is 1.95 bits per heavy atom. The predicted octanol–water partition coefficient (Wildman–Crippen LogP) is 4.17. The third kappa shape index (κ3) is 5.13. The molecule has 39 heavy (non-hydrogen) atoms. The average Bonchev–Trinajstić information content (AvgIpc) is 3.36. The number of aliphatic hydroxyl groups is 1. The molecule has 2 aromatic carbocycles. The van der Waals surface area contributed by atoms with E-state index in [1.165, 1.54) is 24.3 Å². The van der Waals surface area contributed by atoms with Crippen LogP contribution in [0.25, 0.3) is 10.2 Å².